The first-order chi connectivity index (χ1) is 15.5. The van der Waals surface area contributed by atoms with Crippen LogP contribution in [-0.4, -0.2) is 45.7 Å². The van der Waals surface area contributed by atoms with E-state index >= 15 is 0 Å². The predicted molar refractivity (Wildman–Crippen MR) is 126 cm³/mol. The molecule has 0 fully saturated rings. The number of amides is 3. The zero-order valence-corrected chi connectivity index (χ0v) is 18.5. The summed E-state index contributed by atoms with van der Waals surface area (Å²) in [5.74, 6) is 0.725. The van der Waals surface area contributed by atoms with E-state index in [0.29, 0.717) is 17.1 Å². The molecule has 2 atom stereocenters. The van der Waals surface area contributed by atoms with Gasteiger partial charge in [0.25, 0.3) is 5.91 Å². The van der Waals surface area contributed by atoms with Crippen LogP contribution in [0.25, 0.3) is 11.0 Å². The predicted octanol–water partition coefficient (Wildman–Crippen LogP) is 3.00. The lowest BCUT2D eigenvalue weighted by Gasteiger charge is -2.18. The van der Waals surface area contributed by atoms with Crippen molar-refractivity contribution in [3.05, 3.63) is 59.9 Å². The lowest BCUT2D eigenvalue weighted by atomic mass is 10.1. The van der Waals surface area contributed by atoms with Gasteiger partial charge in [0.15, 0.2) is 0 Å². The number of aromatic amines is 1. The summed E-state index contributed by atoms with van der Waals surface area (Å²) in [6, 6.07) is 13.5. The fourth-order valence-electron chi connectivity index (χ4n) is 3.71. The van der Waals surface area contributed by atoms with Crippen molar-refractivity contribution in [2.24, 2.45) is 0 Å². The number of H-pyrrole nitrogens is 1. The normalized spacial score (nSPS) is 16.6. The second-order valence-electron chi connectivity index (χ2n) is 7.64. The zero-order valence-electron chi connectivity index (χ0n) is 17.7. The average Bonchev–Trinajstić information content (AvgIpc) is 3.18. The van der Waals surface area contributed by atoms with Gasteiger partial charge >= 0.3 is 0 Å². The Hall–Kier alpha value is -3.33. The number of fused-ring (bicyclic) bond motifs is 2. The number of imidazole rings is 1. The van der Waals surface area contributed by atoms with Gasteiger partial charge in [-0.2, -0.15) is 11.8 Å². The number of anilines is 1. The van der Waals surface area contributed by atoms with Gasteiger partial charge in [-0.1, -0.05) is 24.3 Å². The highest BCUT2D eigenvalue weighted by Crippen LogP contribution is 2.21. The van der Waals surface area contributed by atoms with Crippen LogP contribution in [0.1, 0.15) is 41.5 Å². The Balaban J connectivity index is 1.40. The number of benzene rings is 2. The van der Waals surface area contributed by atoms with E-state index in [0.717, 1.165) is 23.2 Å². The van der Waals surface area contributed by atoms with Gasteiger partial charge in [-0.05, 0) is 49.1 Å². The summed E-state index contributed by atoms with van der Waals surface area (Å²) < 4.78 is 0. The topological polar surface area (TPSA) is 116 Å². The molecule has 0 aliphatic carbocycles. The van der Waals surface area contributed by atoms with Crippen molar-refractivity contribution in [2.45, 2.75) is 31.3 Å². The van der Waals surface area contributed by atoms with Crippen LogP contribution in [0.3, 0.4) is 0 Å². The maximum Gasteiger partial charge on any atom is 0.254 e. The van der Waals surface area contributed by atoms with Gasteiger partial charge in [-0.15, -0.1) is 0 Å². The number of aromatic nitrogens is 2. The minimum atomic E-state index is -0.781. The number of thioether (sulfide) groups is 1. The molecule has 166 valence electrons. The van der Waals surface area contributed by atoms with Crippen molar-refractivity contribution in [1.29, 1.82) is 0 Å². The Morgan fingerprint density at radius 3 is 2.75 bits per heavy atom. The van der Waals surface area contributed by atoms with Gasteiger partial charge in [-0.25, -0.2) is 4.98 Å². The fourth-order valence-corrected chi connectivity index (χ4v) is 4.18. The molecule has 0 saturated carbocycles. The molecule has 0 spiro atoms. The van der Waals surface area contributed by atoms with Crippen molar-refractivity contribution >= 4 is 46.2 Å². The van der Waals surface area contributed by atoms with E-state index in [-0.39, 0.29) is 36.6 Å². The quantitative estimate of drug-likeness (QED) is 0.420. The van der Waals surface area contributed by atoms with Crippen LogP contribution >= 0.6 is 11.8 Å². The summed E-state index contributed by atoms with van der Waals surface area (Å²) in [5, 5.41) is 8.53. The molecule has 9 heteroatoms. The van der Waals surface area contributed by atoms with Crippen LogP contribution in [0.2, 0.25) is 0 Å². The molecule has 4 rings (SSSR count). The number of carbonyl (C=O) groups excluding carboxylic acids is 3. The van der Waals surface area contributed by atoms with Gasteiger partial charge in [0, 0.05) is 6.42 Å². The van der Waals surface area contributed by atoms with E-state index in [9.17, 15) is 14.4 Å². The van der Waals surface area contributed by atoms with Gasteiger partial charge in [0.2, 0.25) is 11.8 Å². The Kier molecular flexibility index (Phi) is 6.75. The molecule has 8 nitrogen and oxygen atoms in total. The van der Waals surface area contributed by atoms with E-state index in [1.165, 1.54) is 0 Å². The van der Waals surface area contributed by atoms with E-state index in [1.807, 2.05) is 30.5 Å². The molecule has 1 aliphatic heterocycles. The smallest absolute Gasteiger partial charge is 0.254 e. The summed E-state index contributed by atoms with van der Waals surface area (Å²) in [4.78, 5) is 45.7. The first kappa shape index (κ1) is 21.9. The van der Waals surface area contributed by atoms with Crippen molar-refractivity contribution in [1.82, 2.24) is 20.6 Å². The molecule has 0 saturated heterocycles. The molecule has 0 bridgehead atoms. The largest absolute Gasteiger partial charge is 0.346 e. The van der Waals surface area contributed by atoms with Crippen LogP contribution in [0, 0.1) is 0 Å². The monoisotopic (exact) mass is 451 g/mol. The third kappa shape index (κ3) is 4.94. The number of rotatable bonds is 8. The lowest BCUT2D eigenvalue weighted by molar-refractivity contribution is -0.122. The minimum Gasteiger partial charge on any atom is -0.346 e. The number of nitrogens with one attached hydrogen (secondary N) is 4. The first-order valence-electron chi connectivity index (χ1n) is 10.5. The molecular weight excluding hydrogens is 426 g/mol. The number of carbonyl (C=O) groups is 3. The maximum absolute atomic E-state index is 12.7. The minimum absolute atomic E-state index is 0.102. The van der Waals surface area contributed by atoms with Gasteiger partial charge in [-0.3, -0.25) is 14.4 Å². The molecular formula is C23H25N5O3S. The summed E-state index contributed by atoms with van der Waals surface area (Å²) in [7, 11) is 0. The van der Waals surface area contributed by atoms with Crippen LogP contribution in [0.4, 0.5) is 5.69 Å². The van der Waals surface area contributed by atoms with Crippen molar-refractivity contribution in [3.8, 4) is 0 Å². The van der Waals surface area contributed by atoms with Crippen molar-refractivity contribution in [3.63, 3.8) is 0 Å². The average molecular weight is 452 g/mol. The van der Waals surface area contributed by atoms with Gasteiger partial charge in [0.1, 0.15) is 11.9 Å². The van der Waals surface area contributed by atoms with Gasteiger partial charge < -0.3 is 20.9 Å². The number of para-hydroxylation sites is 3. The molecule has 2 aromatic carbocycles. The maximum atomic E-state index is 12.7. The Labute approximate surface area is 189 Å². The lowest BCUT2D eigenvalue weighted by Crippen LogP contribution is -2.42. The van der Waals surface area contributed by atoms with E-state index in [2.05, 4.69) is 25.9 Å². The second kappa shape index (κ2) is 9.86. The van der Waals surface area contributed by atoms with Crippen LogP contribution in [0.15, 0.2) is 48.5 Å². The third-order valence-corrected chi connectivity index (χ3v) is 6.04. The van der Waals surface area contributed by atoms with Gasteiger partial charge in [0.05, 0.1) is 28.3 Å². The zero-order chi connectivity index (χ0) is 22.5. The molecule has 0 radical (unpaired) electrons. The van der Waals surface area contributed by atoms with Crippen LogP contribution in [0.5, 0.6) is 0 Å². The molecule has 1 aliphatic rings. The summed E-state index contributed by atoms with van der Waals surface area (Å²) in [6.45, 7) is 0. The SMILES string of the molecule is CSCC[C@H](NC(=O)CCC1NC(=O)c2ccccc2NC1=O)c1nc2ccccc2[nH]1. The Morgan fingerprint density at radius 2 is 1.94 bits per heavy atom. The van der Waals surface area contributed by atoms with E-state index < -0.39 is 6.04 Å². The highest BCUT2D eigenvalue weighted by molar-refractivity contribution is 7.98. The second-order valence-corrected chi connectivity index (χ2v) is 8.63. The first-order valence-corrected chi connectivity index (χ1v) is 11.9. The highest BCUT2D eigenvalue weighted by Gasteiger charge is 2.28. The molecule has 1 aromatic heterocycles. The summed E-state index contributed by atoms with van der Waals surface area (Å²) >= 11 is 1.70. The van der Waals surface area contributed by atoms with Crippen molar-refractivity contribution < 1.29 is 14.4 Å². The molecule has 3 aromatic rings. The van der Waals surface area contributed by atoms with Crippen LogP contribution in [-0.2, 0) is 9.59 Å². The molecule has 4 N–H and O–H groups in total. The molecule has 1 unspecified atom stereocenters. The highest BCUT2D eigenvalue weighted by atomic mass is 32.2. The fraction of sp³-hybridized carbons (Fsp3) is 0.304. The Bertz CT molecular complexity index is 1110. The summed E-state index contributed by atoms with van der Waals surface area (Å²) in [5.41, 5.74) is 2.66. The number of hydrogen-bond donors (Lipinski definition) is 4. The standard InChI is InChI=1S/C23H25N5O3S/c1-32-13-12-18(21-25-16-8-4-5-9-17(16)26-21)24-20(29)11-10-19-23(31)27-15-7-3-2-6-14(15)22(30)28-19/h2-9,18-19H,10-13H2,1H3,(H,24,29)(H,25,26)(H,27,31)(H,28,30)/t18-,19?/m0/s1. The number of hydrogen-bond acceptors (Lipinski definition) is 5. The Morgan fingerprint density at radius 1 is 1.16 bits per heavy atom. The summed E-state index contributed by atoms with van der Waals surface area (Å²) in [6.07, 6.45) is 3.04. The van der Waals surface area contributed by atoms with Crippen molar-refractivity contribution in [2.75, 3.05) is 17.3 Å². The molecule has 3 amide bonds. The van der Waals surface area contributed by atoms with E-state index in [4.69, 9.17) is 0 Å². The molecule has 32 heavy (non-hydrogen) atoms. The van der Waals surface area contributed by atoms with E-state index in [1.54, 1.807) is 36.0 Å². The number of nitrogens with zero attached hydrogens (tertiary/aromatic N) is 1. The van der Waals surface area contributed by atoms with Crippen LogP contribution < -0.4 is 16.0 Å². The molecule has 2 heterocycles. The third-order valence-electron chi connectivity index (χ3n) is 5.40.